The molecule has 5 nitrogen and oxygen atoms in total. The van der Waals surface area contributed by atoms with E-state index in [-0.39, 0.29) is 23.9 Å². The number of nitrogens with zero attached hydrogens (tertiary/aromatic N) is 1. The number of hydrogen-bond acceptors (Lipinski definition) is 4. The number of carbonyl (C=O) groups is 2. The second-order valence-electron chi connectivity index (χ2n) is 7.33. The summed E-state index contributed by atoms with van der Waals surface area (Å²) in [5, 5.41) is 3.63. The van der Waals surface area contributed by atoms with E-state index in [4.69, 9.17) is 16.3 Å². The van der Waals surface area contributed by atoms with E-state index < -0.39 is 17.6 Å². The van der Waals surface area contributed by atoms with E-state index >= 15 is 0 Å². The van der Waals surface area contributed by atoms with Crippen LogP contribution in [0.25, 0.3) is 5.57 Å². The van der Waals surface area contributed by atoms with Crippen molar-refractivity contribution >= 4 is 34.7 Å². The summed E-state index contributed by atoms with van der Waals surface area (Å²) in [6, 6.07) is 10.8. The Bertz CT molecular complexity index is 986. The molecule has 1 aliphatic rings. The predicted molar refractivity (Wildman–Crippen MR) is 116 cm³/mol. The molecule has 0 spiro atoms. The fourth-order valence-corrected chi connectivity index (χ4v) is 3.37. The van der Waals surface area contributed by atoms with Crippen LogP contribution >= 0.6 is 11.6 Å². The average Bonchev–Trinajstić information content (AvgIpc) is 2.93. The number of imide groups is 1. The summed E-state index contributed by atoms with van der Waals surface area (Å²) in [6.07, 6.45) is 0.599. The van der Waals surface area contributed by atoms with Gasteiger partial charge in [-0.2, -0.15) is 0 Å². The molecule has 158 valence electrons. The van der Waals surface area contributed by atoms with Crippen molar-refractivity contribution in [2.75, 3.05) is 18.5 Å². The Morgan fingerprint density at radius 2 is 1.80 bits per heavy atom. The molecule has 0 saturated carbocycles. The third kappa shape index (κ3) is 4.71. The lowest BCUT2D eigenvalue weighted by Gasteiger charge is -2.16. The number of ether oxygens (including phenoxy) is 1. The van der Waals surface area contributed by atoms with Crippen molar-refractivity contribution in [2.24, 2.45) is 0 Å². The van der Waals surface area contributed by atoms with Crippen LogP contribution in [0, 0.1) is 12.7 Å². The molecular formula is C23H24ClFN2O3. The van der Waals surface area contributed by atoms with E-state index in [9.17, 15) is 14.0 Å². The van der Waals surface area contributed by atoms with E-state index in [0.717, 1.165) is 5.56 Å². The largest absolute Gasteiger partial charge is 0.379 e. The zero-order chi connectivity index (χ0) is 21.8. The number of benzene rings is 2. The fourth-order valence-electron chi connectivity index (χ4n) is 3.20. The molecule has 0 saturated heterocycles. The van der Waals surface area contributed by atoms with Crippen molar-refractivity contribution in [3.05, 3.63) is 70.1 Å². The molecule has 30 heavy (non-hydrogen) atoms. The molecule has 2 aromatic rings. The van der Waals surface area contributed by atoms with Gasteiger partial charge < -0.3 is 10.1 Å². The van der Waals surface area contributed by atoms with Crippen LogP contribution in [-0.2, 0) is 14.3 Å². The molecule has 2 amide bonds. The molecule has 0 radical (unpaired) electrons. The average molecular weight is 431 g/mol. The van der Waals surface area contributed by atoms with Crippen LogP contribution in [0.4, 0.5) is 10.1 Å². The van der Waals surface area contributed by atoms with Gasteiger partial charge in [-0.3, -0.25) is 14.5 Å². The van der Waals surface area contributed by atoms with Crippen molar-refractivity contribution in [3.63, 3.8) is 0 Å². The van der Waals surface area contributed by atoms with Gasteiger partial charge in [-0.15, -0.1) is 0 Å². The van der Waals surface area contributed by atoms with Crippen molar-refractivity contribution in [1.29, 1.82) is 0 Å². The molecule has 2 aromatic carbocycles. The van der Waals surface area contributed by atoms with E-state index in [2.05, 4.69) is 5.32 Å². The molecule has 0 atom stereocenters. The highest BCUT2D eigenvalue weighted by atomic mass is 35.5. The zero-order valence-corrected chi connectivity index (χ0v) is 17.9. The maximum Gasteiger partial charge on any atom is 0.278 e. The molecule has 0 aromatic heterocycles. The predicted octanol–water partition coefficient (Wildman–Crippen LogP) is 4.79. The summed E-state index contributed by atoms with van der Waals surface area (Å²) in [5.41, 5.74) is 2.22. The fraction of sp³-hybridized carbons (Fsp3) is 0.304. The van der Waals surface area contributed by atoms with Crippen molar-refractivity contribution < 1.29 is 18.7 Å². The Balaban J connectivity index is 1.94. The Morgan fingerprint density at radius 3 is 2.47 bits per heavy atom. The highest BCUT2D eigenvalue weighted by molar-refractivity contribution is 6.36. The maximum atomic E-state index is 13.4. The Labute approximate surface area is 180 Å². The number of nitrogens with one attached hydrogen (secondary N) is 1. The maximum absolute atomic E-state index is 13.4. The smallest absolute Gasteiger partial charge is 0.278 e. The van der Waals surface area contributed by atoms with Crippen molar-refractivity contribution in [2.45, 2.75) is 33.3 Å². The van der Waals surface area contributed by atoms with Gasteiger partial charge in [0.2, 0.25) is 0 Å². The van der Waals surface area contributed by atoms with E-state index in [0.29, 0.717) is 29.3 Å². The number of carbonyl (C=O) groups excluding carboxylic acids is 2. The van der Waals surface area contributed by atoms with Gasteiger partial charge in [0.05, 0.1) is 11.7 Å². The molecule has 0 aliphatic carbocycles. The molecule has 1 heterocycles. The molecule has 0 fully saturated rings. The van der Waals surface area contributed by atoms with Crippen LogP contribution in [-0.4, -0.2) is 36.0 Å². The molecule has 3 rings (SSSR count). The summed E-state index contributed by atoms with van der Waals surface area (Å²) in [6.45, 7) is 6.35. The second kappa shape index (κ2) is 9.41. The Kier molecular flexibility index (Phi) is 6.90. The lowest BCUT2D eigenvalue weighted by Crippen LogP contribution is -2.34. The first-order valence-electron chi connectivity index (χ1n) is 9.79. The van der Waals surface area contributed by atoms with Gasteiger partial charge in [0.25, 0.3) is 11.8 Å². The van der Waals surface area contributed by atoms with Crippen LogP contribution in [0.1, 0.15) is 31.4 Å². The first-order valence-corrected chi connectivity index (χ1v) is 10.2. The molecule has 0 unspecified atom stereocenters. The van der Waals surface area contributed by atoms with Gasteiger partial charge in [0, 0.05) is 23.9 Å². The Hall–Kier alpha value is -2.70. The molecule has 0 bridgehead atoms. The quantitative estimate of drug-likeness (QED) is 0.483. The summed E-state index contributed by atoms with van der Waals surface area (Å²) >= 11 is 6.20. The first-order chi connectivity index (χ1) is 14.3. The third-order valence-electron chi connectivity index (χ3n) is 4.81. The highest BCUT2D eigenvalue weighted by Gasteiger charge is 2.39. The number of anilines is 1. The lowest BCUT2D eigenvalue weighted by molar-refractivity contribution is -0.137. The van der Waals surface area contributed by atoms with E-state index in [1.54, 1.807) is 18.2 Å². The van der Waals surface area contributed by atoms with Gasteiger partial charge >= 0.3 is 0 Å². The van der Waals surface area contributed by atoms with Crippen LogP contribution in [0.5, 0.6) is 0 Å². The van der Waals surface area contributed by atoms with Gasteiger partial charge in [-0.1, -0.05) is 29.8 Å². The number of amides is 2. The van der Waals surface area contributed by atoms with Crippen LogP contribution < -0.4 is 5.32 Å². The summed E-state index contributed by atoms with van der Waals surface area (Å²) in [5.74, 6) is -1.26. The van der Waals surface area contributed by atoms with Crippen molar-refractivity contribution in [3.8, 4) is 0 Å². The summed E-state index contributed by atoms with van der Waals surface area (Å²) < 4.78 is 18.9. The SMILES string of the molecule is Cc1c(Cl)cccc1NC1=C(c2ccc(F)cc2)C(=O)N(CCCOC(C)C)C1=O. The first kappa shape index (κ1) is 22.0. The number of hydrogen-bond donors (Lipinski definition) is 1. The minimum atomic E-state index is -0.428. The third-order valence-corrected chi connectivity index (χ3v) is 5.21. The second-order valence-corrected chi connectivity index (χ2v) is 7.74. The molecule has 1 N–H and O–H groups in total. The van der Waals surface area contributed by atoms with E-state index in [1.807, 2.05) is 20.8 Å². The number of halogens is 2. The van der Waals surface area contributed by atoms with Crippen LogP contribution in [0.3, 0.4) is 0 Å². The minimum Gasteiger partial charge on any atom is -0.379 e. The van der Waals surface area contributed by atoms with Gasteiger partial charge in [-0.25, -0.2) is 4.39 Å². The van der Waals surface area contributed by atoms with Gasteiger partial charge in [0.1, 0.15) is 11.5 Å². The van der Waals surface area contributed by atoms with Crippen molar-refractivity contribution in [1.82, 2.24) is 4.90 Å². The van der Waals surface area contributed by atoms with Crippen LogP contribution in [0.15, 0.2) is 48.2 Å². The zero-order valence-electron chi connectivity index (χ0n) is 17.2. The van der Waals surface area contributed by atoms with E-state index in [1.165, 1.54) is 29.2 Å². The number of rotatable bonds is 8. The lowest BCUT2D eigenvalue weighted by atomic mass is 10.0. The summed E-state index contributed by atoms with van der Waals surface area (Å²) in [4.78, 5) is 27.5. The van der Waals surface area contributed by atoms with Crippen LogP contribution in [0.2, 0.25) is 5.02 Å². The highest BCUT2D eigenvalue weighted by Crippen LogP contribution is 2.32. The minimum absolute atomic E-state index is 0.0749. The molecule has 1 aliphatic heterocycles. The topological polar surface area (TPSA) is 58.6 Å². The normalized spacial score (nSPS) is 14.3. The summed E-state index contributed by atoms with van der Waals surface area (Å²) in [7, 11) is 0. The van der Waals surface area contributed by atoms with Gasteiger partial charge in [-0.05, 0) is 62.6 Å². The molecule has 7 heteroatoms. The molecular weight excluding hydrogens is 407 g/mol. The Morgan fingerprint density at radius 1 is 1.10 bits per heavy atom. The standard InChI is InChI=1S/C23H24ClFN2O3/c1-14(2)30-13-5-12-27-22(28)20(16-8-10-17(25)11-9-16)21(23(27)29)26-19-7-4-6-18(24)15(19)3/h4,6-11,14,26H,5,12-13H2,1-3H3. The van der Waals surface area contributed by atoms with Gasteiger partial charge in [0.15, 0.2) is 0 Å². The monoisotopic (exact) mass is 430 g/mol.